The normalized spacial score (nSPS) is 11.3. The van der Waals surface area contributed by atoms with Gasteiger partial charge in [-0.05, 0) is 30.2 Å². The van der Waals surface area contributed by atoms with Crippen LogP contribution in [0.2, 0.25) is 0 Å². The number of aldehydes is 1. The van der Waals surface area contributed by atoms with Gasteiger partial charge in [-0.25, -0.2) is 4.79 Å². The third-order valence-electron chi connectivity index (χ3n) is 3.10. The first kappa shape index (κ1) is 19.3. The Morgan fingerprint density at radius 3 is 2.65 bits per heavy atom. The molecule has 0 aromatic heterocycles. The van der Waals surface area contributed by atoms with Crippen molar-refractivity contribution in [3.8, 4) is 0 Å². The van der Waals surface area contributed by atoms with Crippen LogP contribution in [0.25, 0.3) is 0 Å². The Balaban J connectivity index is 2.52. The molecule has 0 saturated carbocycles. The fourth-order valence-electron chi connectivity index (χ4n) is 1.96. The van der Waals surface area contributed by atoms with Crippen LogP contribution in [0.1, 0.15) is 17.5 Å². The zero-order valence-corrected chi connectivity index (χ0v) is 13.2. The van der Waals surface area contributed by atoms with Gasteiger partial charge in [0.2, 0.25) is 0 Å². The van der Waals surface area contributed by atoms with E-state index in [0.29, 0.717) is 30.0 Å². The van der Waals surface area contributed by atoms with Crippen molar-refractivity contribution in [1.82, 2.24) is 4.90 Å². The molecule has 4 nitrogen and oxygen atoms in total. The largest absolute Gasteiger partial charge is 0.465 e. The average Bonchev–Trinajstić information content (AvgIpc) is 2.49. The molecular formula is C15H18F3NO3S. The molecule has 0 bridgehead atoms. The summed E-state index contributed by atoms with van der Waals surface area (Å²) in [5.41, 5.74) is -0.288. The summed E-state index contributed by atoms with van der Waals surface area (Å²) < 4.78 is 37.9. The molecule has 1 amide bonds. The van der Waals surface area contributed by atoms with E-state index in [1.54, 1.807) is 6.07 Å². The first-order valence-electron chi connectivity index (χ1n) is 7.00. The number of hydrogen-bond donors (Lipinski definition) is 1. The predicted molar refractivity (Wildman–Crippen MR) is 82.8 cm³/mol. The topological polar surface area (TPSA) is 57.6 Å². The molecule has 1 aromatic carbocycles. The van der Waals surface area contributed by atoms with Gasteiger partial charge in [-0.15, -0.1) is 0 Å². The van der Waals surface area contributed by atoms with Gasteiger partial charge in [0.15, 0.2) is 0 Å². The van der Waals surface area contributed by atoms with Crippen molar-refractivity contribution < 1.29 is 27.9 Å². The lowest BCUT2D eigenvalue weighted by atomic mass is 10.1. The molecule has 0 spiro atoms. The summed E-state index contributed by atoms with van der Waals surface area (Å²) in [5, 5.41) is 9.12. The smallest absolute Gasteiger partial charge is 0.416 e. The molecule has 0 fully saturated rings. The number of halogens is 3. The van der Waals surface area contributed by atoms with Crippen molar-refractivity contribution in [3.05, 3.63) is 35.4 Å². The molecule has 0 aliphatic heterocycles. The number of carbonyl (C=O) groups excluding carboxylic acids is 1. The second-order valence-electron chi connectivity index (χ2n) is 4.81. The van der Waals surface area contributed by atoms with E-state index in [1.807, 2.05) is 0 Å². The Labute approximate surface area is 136 Å². The summed E-state index contributed by atoms with van der Waals surface area (Å²) in [5.74, 6) is 1.03. The molecule has 0 radical (unpaired) electrons. The molecule has 0 aliphatic carbocycles. The Kier molecular flexibility index (Phi) is 7.94. The number of rotatable bonds is 9. The third-order valence-corrected chi connectivity index (χ3v) is 4.05. The summed E-state index contributed by atoms with van der Waals surface area (Å²) in [7, 11) is 0. The number of amides is 1. The SMILES string of the molecule is O=CCSCCCN(CCc1cccc(C(F)(F)F)c1)C(=O)O. The zero-order chi connectivity index (χ0) is 17.3. The molecular weight excluding hydrogens is 331 g/mol. The van der Waals surface area contributed by atoms with Crippen LogP contribution in [0.4, 0.5) is 18.0 Å². The van der Waals surface area contributed by atoms with Crippen LogP contribution in [-0.4, -0.2) is 47.0 Å². The zero-order valence-electron chi connectivity index (χ0n) is 12.4. The maximum atomic E-state index is 12.6. The van der Waals surface area contributed by atoms with Crippen LogP contribution in [0.3, 0.4) is 0 Å². The van der Waals surface area contributed by atoms with E-state index < -0.39 is 17.8 Å². The second kappa shape index (κ2) is 9.44. The number of carbonyl (C=O) groups is 2. The van der Waals surface area contributed by atoms with E-state index >= 15 is 0 Å². The lowest BCUT2D eigenvalue weighted by Crippen LogP contribution is -2.32. The van der Waals surface area contributed by atoms with Crippen molar-refractivity contribution in [2.75, 3.05) is 24.6 Å². The van der Waals surface area contributed by atoms with Gasteiger partial charge in [0.05, 0.1) is 5.56 Å². The quantitative estimate of drug-likeness (QED) is 0.547. The molecule has 8 heteroatoms. The van der Waals surface area contributed by atoms with Crippen molar-refractivity contribution >= 4 is 24.1 Å². The lowest BCUT2D eigenvalue weighted by Gasteiger charge is -2.19. The van der Waals surface area contributed by atoms with Gasteiger partial charge in [0.25, 0.3) is 0 Å². The van der Waals surface area contributed by atoms with E-state index in [-0.39, 0.29) is 13.0 Å². The highest BCUT2D eigenvalue weighted by Crippen LogP contribution is 2.29. The van der Waals surface area contributed by atoms with Gasteiger partial charge in [0.1, 0.15) is 6.29 Å². The molecule has 1 aromatic rings. The minimum atomic E-state index is -4.40. The van der Waals surface area contributed by atoms with Crippen LogP contribution in [0.15, 0.2) is 24.3 Å². The first-order chi connectivity index (χ1) is 10.8. The molecule has 0 unspecified atom stereocenters. The van der Waals surface area contributed by atoms with Gasteiger partial charge in [-0.2, -0.15) is 24.9 Å². The molecule has 0 aliphatic rings. The fraction of sp³-hybridized carbons (Fsp3) is 0.467. The number of nitrogens with zero attached hydrogens (tertiary/aromatic N) is 1. The van der Waals surface area contributed by atoms with Crippen LogP contribution >= 0.6 is 11.8 Å². The Morgan fingerprint density at radius 2 is 2.04 bits per heavy atom. The molecule has 0 heterocycles. The van der Waals surface area contributed by atoms with Crippen LogP contribution < -0.4 is 0 Å². The lowest BCUT2D eigenvalue weighted by molar-refractivity contribution is -0.137. The molecule has 128 valence electrons. The number of thioether (sulfide) groups is 1. The maximum Gasteiger partial charge on any atom is 0.416 e. The molecule has 1 N–H and O–H groups in total. The minimum Gasteiger partial charge on any atom is -0.465 e. The first-order valence-corrected chi connectivity index (χ1v) is 8.15. The maximum absolute atomic E-state index is 12.6. The summed E-state index contributed by atoms with van der Waals surface area (Å²) in [4.78, 5) is 22.5. The number of hydrogen-bond acceptors (Lipinski definition) is 3. The van der Waals surface area contributed by atoms with Gasteiger partial charge >= 0.3 is 12.3 Å². The van der Waals surface area contributed by atoms with Crippen molar-refractivity contribution in [2.24, 2.45) is 0 Å². The summed E-state index contributed by atoms with van der Waals surface area (Å²) in [6.07, 6.45) is -3.91. The van der Waals surface area contributed by atoms with E-state index in [0.717, 1.165) is 18.4 Å². The van der Waals surface area contributed by atoms with Crippen molar-refractivity contribution in [2.45, 2.75) is 19.0 Å². The number of carboxylic acid groups (broad SMARTS) is 1. The summed E-state index contributed by atoms with van der Waals surface area (Å²) >= 11 is 1.41. The average molecular weight is 349 g/mol. The Hall–Kier alpha value is -1.70. The van der Waals surface area contributed by atoms with E-state index in [4.69, 9.17) is 5.11 Å². The molecule has 0 atom stereocenters. The second-order valence-corrected chi connectivity index (χ2v) is 5.96. The molecule has 0 saturated heterocycles. The van der Waals surface area contributed by atoms with Gasteiger partial charge in [-0.1, -0.05) is 18.2 Å². The van der Waals surface area contributed by atoms with E-state index in [9.17, 15) is 22.8 Å². The summed E-state index contributed by atoms with van der Waals surface area (Å²) in [6.45, 7) is 0.426. The fourth-order valence-corrected chi connectivity index (χ4v) is 2.56. The van der Waals surface area contributed by atoms with Gasteiger partial charge < -0.3 is 14.8 Å². The van der Waals surface area contributed by atoms with Gasteiger partial charge in [-0.3, -0.25) is 0 Å². The number of benzene rings is 1. The standard InChI is InChI=1S/C15H18F3NO3S/c16-15(17,18)13-4-1-3-12(11-13)5-7-19(14(21)22)6-2-9-23-10-8-20/h1,3-4,8,11H,2,5-7,9-10H2,(H,21,22). The molecule has 23 heavy (non-hydrogen) atoms. The predicted octanol–water partition coefficient (Wildman–Crippen LogP) is 3.55. The van der Waals surface area contributed by atoms with Crippen molar-refractivity contribution in [1.29, 1.82) is 0 Å². The number of alkyl halides is 3. The highest BCUT2D eigenvalue weighted by atomic mass is 32.2. The van der Waals surface area contributed by atoms with E-state index in [2.05, 4.69) is 0 Å². The summed E-state index contributed by atoms with van der Waals surface area (Å²) in [6, 6.07) is 4.90. The Bertz CT molecular complexity index is 523. The highest BCUT2D eigenvalue weighted by Gasteiger charge is 2.30. The van der Waals surface area contributed by atoms with E-state index in [1.165, 1.54) is 22.7 Å². The minimum absolute atomic E-state index is 0.134. The Morgan fingerprint density at radius 1 is 1.30 bits per heavy atom. The van der Waals surface area contributed by atoms with Crippen LogP contribution in [-0.2, 0) is 17.4 Å². The van der Waals surface area contributed by atoms with Gasteiger partial charge in [0, 0.05) is 18.8 Å². The molecule has 1 rings (SSSR count). The van der Waals surface area contributed by atoms with Crippen LogP contribution in [0.5, 0.6) is 0 Å². The van der Waals surface area contributed by atoms with Crippen LogP contribution in [0, 0.1) is 0 Å². The van der Waals surface area contributed by atoms with Crippen molar-refractivity contribution in [3.63, 3.8) is 0 Å². The highest BCUT2D eigenvalue weighted by molar-refractivity contribution is 7.99. The third kappa shape index (κ3) is 7.40. The monoisotopic (exact) mass is 349 g/mol.